The summed E-state index contributed by atoms with van der Waals surface area (Å²) in [5.74, 6) is 0. The predicted octanol–water partition coefficient (Wildman–Crippen LogP) is 1.76. The van der Waals surface area contributed by atoms with Crippen molar-refractivity contribution >= 4 is 23.2 Å². The third kappa shape index (κ3) is 3.12. The van der Waals surface area contributed by atoms with Crippen molar-refractivity contribution < 1.29 is 5.11 Å². The number of aliphatic hydroxyl groups is 1. The summed E-state index contributed by atoms with van der Waals surface area (Å²) in [5, 5.41) is 14.0. The number of aliphatic hydroxyl groups excluding tert-OH is 1. The Morgan fingerprint density at radius 1 is 1.35 bits per heavy atom. The van der Waals surface area contributed by atoms with E-state index in [2.05, 4.69) is 10.2 Å². The van der Waals surface area contributed by atoms with Gasteiger partial charge in [0.1, 0.15) is 0 Å². The number of nitrogens with zero attached hydrogens (tertiary/aromatic N) is 1. The molecule has 1 fully saturated rings. The molecule has 1 aliphatic heterocycles. The Labute approximate surface area is 111 Å². The van der Waals surface area contributed by atoms with E-state index in [9.17, 15) is 5.11 Å². The van der Waals surface area contributed by atoms with Gasteiger partial charge in [-0.2, -0.15) is 0 Å². The van der Waals surface area contributed by atoms with Crippen LogP contribution in [-0.4, -0.2) is 42.3 Å². The number of hydrogen-bond donors (Lipinski definition) is 2. The lowest BCUT2D eigenvalue weighted by atomic mass is 10.1. The maximum atomic E-state index is 9.33. The standard InChI is InChI=1S/C12H16Cl2N2O/c13-11-2-1-3-12(14)10(11)7-16-5-4-15-6-9(16)8-17/h1-3,9,15,17H,4-8H2. The van der Waals surface area contributed by atoms with E-state index in [0.29, 0.717) is 16.6 Å². The Morgan fingerprint density at radius 3 is 2.71 bits per heavy atom. The first-order chi connectivity index (χ1) is 8.22. The number of piperazine rings is 1. The van der Waals surface area contributed by atoms with Gasteiger partial charge < -0.3 is 10.4 Å². The Kier molecular flexibility index (Phi) is 4.65. The third-order valence-electron chi connectivity index (χ3n) is 3.11. The molecule has 1 aromatic rings. The number of nitrogens with one attached hydrogen (secondary N) is 1. The molecule has 1 atom stereocenters. The van der Waals surface area contributed by atoms with E-state index in [4.69, 9.17) is 23.2 Å². The molecule has 0 amide bonds. The monoisotopic (exact) mass is 274 g/mol. The Hall–Kier alpha value is -0.320. The molecule has 94 valence electrons. The van der Waals surface area contributed by atoms with Crippen LogP contribution in [0.5, 0.6) is 0 Å². The van der Waals surface area contributed by atoms with E-state index in [1.165, 1.54) is 0 Å². The van der Waals surface area contributed by atoms with Gasteiger partial charge in [0.2, 0.25) is 0 Å². The van der Waals surface area contributed by atoms with Crippen LogP contribution >= 0.6 is 23.2 Å². The van der Waals surface area contributed by atoms with Gasteiger partial charge in [0, 0.05) is 47.8 Å². The second-order valence-corrected chi connectivity index (χ2v) is 5.03. The highest BCUT2D eigenvalue weighted by molar-refractivity contribution is 6.35. The molecule has 1 aromatic carbocycles. The Morgan fingerprint density at radius 2 is 2.06 bits per heavy atom. The van der Waals surface area contributed by atoms with E-state index in [-0.39, 0.29) is 12.6 Å². The average molecular weight is 275 g/mol. The van der Waals surface area contributed by atoms with Crippen LogP contribution in [0, 0.1) is 0 Å². The SMILES string of the molecule is OCC1CNCCN1Cc1c(Cl)cccc1Cl. The summed E-state index contributed by atoms with van der Waals surface area (Å²) in [6.45, 7) is 3.46. The number of hydrogen-bond acceptors (Lipinski definition) is 3. The van der Waals surface area contributed by atoms with Gasteiger partial charge in [-0.1, -0.05) is 29.3 Å². The molecule has 2 rings (SSSR count). The molecule has 0 bridgehead atoms. The number of rotatable bonds is 3. The van der Waals surface area contributed by atoms with Crippen LogP contribution in [-0.2, 0) is 6.54 Å². The van der Waals surface area contributed by atoms with Crippen LogP contribution in [0.1, 0.15) is 5.56 Å². The Balaban J connectivity index is 2.13. The van der Waals surface area contributed by atoms with Crippen molar-refractivity contribution in [3.63, 3.8) is 0 Å². The number of benzene rings is 1. The van der Waals surface area contributed by atoms with E-state index in [0.717, 1.165) is 25.2 Å². The van der Waals surface area contributed by atoms with Crippen molar-refractivity contribution in [3.05, 3.63) is 33.8 Å². The highest BCUT2D eigenvalue weighted by atomic mass is 35.5. The molecule has 0 aliphatic carbocycles. The second kappa shape index (κ2) is 6.03. The second-order valence-electron chi connectivity index (χ2n) is 4.21. The quantitative estimate of drug-likeness (QED) is 0.882. The fourth-order valence-electron chi connectivity index (χ4n) is 2.08. The van der Waals surface area contributed by atoms with E-state index >= 15 is 0 Å². The molecular formula is C12H16Cl2N2O. The summed E-state index contributed by atoms with van der Waals surface area (Å²) < 4.78 is 0. The maximum absolute atomic E-state index is 9.33. The lowest BCUT2D eigenvalue weighted by molar-refractivity contribution is 0.0946. The highest BCUT2D eigenvalue weighted by Gasteiger charge is 2.22. The lowest BCUT2D eigenvalue weighted by Gasteiger charge is -2.35. The lowest BCUT2D eigenvalue weighted by Crippen LogP contribution is -2.52. The summed E-state index contributed by atoms with van der Waals surface area (Å²) in [6.07, 6.45) is 0. The van der Waals surface area contributed by atoms with Gasteiger partial charge in [-0.25, -0.2) is 0 Å². The molecule has 1 aliphatic rings. The van der Waals surface area contributed by atoms with Gasteiger partial charge in [-0.05, 0) is 12.1 Å². The van der Waals surface area contributed by atoms with Crippen LogP contribution in [0.2, 0.25) is 10.0 Å². The first-order valence-electron chi connectivity index (χ1n) is 5.71. The molecule has 0 aromatic heterocycles. The predicted molar refractivity (Wildman–Crippen MR) is 70.6 cm³/mol. The minimum Gasteiger partial charge on any atom is -0.395 e. The van der Waals surface area contributed by atoms with E-state index in [1.807, 2.05) is 18.2 Å². The smallest absolute Gasteiger partial charge is 0.0599 e. The van der Waals surface area contributed by atoms with Gasteiger partial charge in [0.25, 0.3) is 0 Å². The fraction of sp³-hybridized carbons (Fsp3) is 0.500. The molecule has 17 heavy (non-hydrogen) atoms. The molecular weight excluding hydrogens is 259 g/mol. The van der Waals surface area contributed by atoms with Crippen molar-refractivity contribution in [2.75, 3.05) is 26.2 Å². The van der Waals surface area contributed by atoms with Crippen molar-refractivity contribution in [2.24, 2.45) is 0 Å². The average Bonchev–Trinajstić information content (AvgIpc) is 2.34. The van der Waals surface area contributed by atoms with Crippen molar-refractivity contribution in [3.8, 4) is 0 Å². The third-order valence-corrected chi connectivity index (χ3v) is 3.81. The van der Waals surface area contributed by atoms with E-state index < -0.39 is 0 Å². The fourth-order valence-corrected chi connectivity index (χ4v) is 2.59. The molecule has 0 radical (unpaired) electrons. The molecule has 2 N–H and O–H groups in total. The molecule has 1 heterocycles. The molecule has 0 spiro atoms. The molecule has 0 saturated carbocycles. The van der Waals surface area contributed by atoms with Crippen LogP contribution < -0.4 is 5.32 Å². The summed E-state index contributed by atoms with van der Waals surface area (Å²) >= 11 is 12.3. The maximum Gasteiger partial charge on any atom is 0.0599 e. The zero-order valence-electron chi connectivity index (χ0n) is 9.50. The first-order valence-corrected chi connectivity index (χ1v) is 6.46. The minimum absolute atomic E-state index is 0.135. The summed E-state index contributed by atoms with van der Waals surface area (Å²) in [4.78, 5) is 2.21. The van der Waals surface area contributed by atoms with Crippen LogP contribution in [0.3, 0.4) is 0 Å². The van der Waals surface area contributed by atoms with Crippen molar-refractivity contribution in [2.45, 2.75) is 12.6 Å². The van der Waals surface area contributed by atoms with Gasteiger partial charge in [0.15, 0.2) is 0 Å². The zero-order valence-corrected chi connectivity index (χ0v) is 11.0. The zero-order chi connectivity index (χ0) is 12.3. The van der Waals surface area contributed by atoms with Crippen LogP contribution in [0.25, 0.3) is 0 Å². The largest absolute Gasteiger partial charge is 0.395 e. The van der Waals surface area contributed by atoms with Gasteiger partial charge >= 0.3 is 0 Å². The molecule has 5 heteroatoms. The summed E-state index contributed by atoms with van der Waals surface area (Å²) in [5.41, 5.74) is 0.941. The summed E-state index contributed by atoms with van der Waals surface area (Å²) in [7, 11) is 0. The highest BCUT2D eigenvalue weighted by Crippen LogP contribution is 2.26. The van der Waals surface area contributed by atoms with Crippen molar-refractivity contribution in [1.29, 1.82) is 0 Å². The number of halogens is 2. The minimum atomic E-state index is 0.135. The topological polar surface area (TPSA) is 35.5 Å². The van der Waals surface area contributed by atoms with Crippen molar-refractivity contribution in [1.82, 2.24) is 10.2 Å². The van der Waals surface area contributed by atoms with Gasteiger partial charge in [0.05, 0.1) is 6.61 Å². The molecule has 1 unspecified atom stereocenters. The summed E-state index contributed by atoms with van der Waals surface area (Å²) in [6, 6.07) is 5.67. The van der Waals surface area contributed by atoms with Crippen LogP contribution in [0.15, 0.2) is 18.2 Å². The normalized spacial score (nSPS) is 21.7. The Bertz CT molecular complexity index is 367. The molecule has 1 saturated heterocycles. The first kappa shape index (κ1) is 13.1. The van der Waals surface area contributed by atoms with E-state index in [1.54, 1.807) is 0 Å². The van der Waals surface area contributed by atoms with Gasteiger partial charge in [-0.3, -0.25) is 4.90 Å². The molecule has 3 nitrogen and oxygen atoms in total. The van der Waals surface area contributed by atoms with Crippen LogP contribution in [0.4, 0.5) is 0 Å². The van der Waals surface area contributed by atoms with Gasteiger partial charge in [-0.15, -0.1) is 0 Å².